The van der Waals surface area contributed by atoms with Gasteiger partial charge < -0.3 is 15.0 Å². The van der Waals surface area contributed by atoms with E-state index in [1.807, 2.05) is 30.3 Å². The summed E-state index contributed by atoms with van der Waals surface area (Å²) in [5.41, 5.74) is 0.738. The summed E-state index contributed by atoms with van der Waals surface area (Å²) in [4.78, 5) is 25.8. The van der Waals surface area contributed by atoms with E-state index in [-0.39, 0.29) is 43.1 Å². The molecule has 26 heavy (non-hydrogen) atoms. The Morgan fingerprint density at radius 1 is 1.19 bits per heavy atom. The second-order valence-corrected chi connectivity index (χ2v) is 6.28. The molecule has 0 saturated carbocycles. The van der Waals surface area contributed by atoms with Crippen LogP contribution in [-0.2, 0) is 16.1 Å². The van der Waals surface area contributed by atoms with Crippen LogP contribution in [0.25, 0.3) is 0 Å². The third-order valence-corrected chi connectivity index (χ3v) is 4.18. The fraction of sp³-hybridized carbons (Fsp3) is 0.300. The fourth-order valence-electron chi connectivity index (χ4n) is 2.96. The minimum absolute atomic E-state index is 0.0416. The van der Waals surface area contributed by atoms with E-state index in [1.165, 1.54) is 12.1 Å². The third-order valence-electron chi connectivity index (χ3n) is 4.18. The van der Waals surface area contributed by atoms with Crippen molar-refractivity contribution < 1.29 is 18.7 Å². The van der Waals surface area contributed by atoms with Crippen LogP contribution in [0.3, 0.4) is 0 Å². The minimum Gasteiger partial charge on any atom is -0.493 e. The Bertz CT molecular complexity index is 767. The van der Waals surface area contributed by atoms with Crippen molar-refractivity contribution in [2.24, 2.45) is 0 Å². The predicted molar refractivity (Wildman–Crippen MR) is 94.9 cm³/mol. The molecule has 1 N–H and O–H groups in total. The molecule has 0 bridgehead atoms. The molecule has 0 unspecified atom stereocenters. The summed E-state index contributed by atoms with van der Waals surface area (Å²) in [5.74, 6) is 0.210. The molecule has 1 heterocycles. The van der Waals surface area contributed by atoms with Gasteiger partial charge in [0.05, 0.1) is 19.1 Å². The second-order valence-electron chi connectivity index (χ2n) is 6.28. The maximum absolute atomic E-state index is 13.3. The van der Waals surface area contributed by atoms with E-state index in [4.69, 9.17) is 4.74 Å². The molecule has 6 heteroatoms. The van der Waals surface area contributed by atoms with Gasteiger partial charge >= 0.3 is 0 Å². The van der Waals surface area contributed by atoms with Gasteiger partial charge in [0.2, 0.25) is 11.8 Å². The number of amides is 2. The molecule has 1 aliphatic rings. The van der Waals surface area contributed by atoms with Crippen molar-refractivity contribution in [3.8, 4) is 5.75 Å². The Morgan fingerprint density at radius 3 is 2.77 bits per heavy atom. The lowest BCUT2D eigenvalue weighted by atomic mass is 10.2. The Morgan fingerprint density at radius 2 is 2.00 bits per heavy atom. The van der Waals surface area contributed by atoms with Crippen molar-refractivity contribution in [2.75, 3.05) is 13.2 Å². The average molecular weight is 356 g/mol. The molecule has 1 aliphatic heterocycles. The van der Waals surface area contributed by atoms with Crippen molar-refractivity contribution in [1.82, 2.24) is 10.2 Å². The summed E-state index contributed by atoms with van der Waals surface area (Å²) >= 11 is 0. The van der Waals surface area contributed by atoms with E-state index in [0.717, 1.165) is 11.3 Å². The molecule has 1 fully saturated rings. The van der Waals surface area contributed by atoms with Crippen LogP contribution in [0.4, 0.5) is 4.39 Å². The quantitative estimate of drug-likeness (QED) is 0.829. The first kappa shape index (κ1) is 17.9. The van der Waals surface area contributed by atoms with Gasteiger partial charge in [-0.15, -0.1) is 0 Å². The van der Waals surface area contributed by atoms with Gasteiger partial charge in [-0.1, -0.05) is 30.3 Å². The number of benzene rings is 2. The van der Waals surface area contributed by atoms with Crippen LogP contribution < -0.4 is 10.1 Å². The zero-order valence-corrected chi connectivity index (χ0v) is 14.4. The molecule has 1 atom stereocenters. The standard InChI is InChI=1S/C20H21FN2O3/c21-16-6-4-5-15(11-16)13-23-14-17(12-20(23)25)22-19(24)9-10-26-18-7-2-1-3-8-18/h1-8,11,17H,9-10,12-14H2,(H,22,24)/t17-/m1/s1. The van der Waals surface area contributed by atoms with E-state index < -0.39 is 0 Å². The molecule has 5 nitrogen and oxygen atoms in total. The van der Waals surface area contributed by atoms with Gasteiger partial charge in [0.1, 0.15) is 11.6 Å². The number of carbonyl (C=O) groups excluding carboxylic acids is 2. The number of nitrogens with zero attached hydrogens (tertiary/aromatic N) is 1. The van der Waals surface area contributed by atoms with Crippen molar-refractivity contribution in [3.63, 3.8) is 0 Å². The maximum Gasteiger partial charge on any atom is 0.225 e. The van der Waals surface area contributed by atoms with Gasteiger partial charge in [0, 0.05) is 19.5 Å². The van der Waals surface area contributed by atoms with Crippen molar-refractivity contribution >= 4 is 11.8 Å². The fourth-order valence-corrected chi connectivity index (χ4v) is 2.96. The topological polar surface area (TPSA) is 58.6 Å². The number of hydrogen-bond donors (Lipinski definition) is 1. The lowest BCUT2D eigenvalue weighted by Crippen LogP contribution is -2.37. The summed E-state index contributed by atoms with van der Waals surface area (Å²) in [6, 6.07) is 15.3. The van der Waals surface area contributed by atoms with Crippen LogP contribution >= 0.6 is 0 Å². The summed E-state index contributed by atoms with van der Waals surface area (Å²) in [5, 5.41) is 2.87. The van der Waals surface area contributed by atoms with Gasteiger partial charge in [0.15, 0.2) is 0 Å². The Balaban J connectivity index is 1.42. The number of halogens is 1. The zero-order chi connectivity index (χ0) is 18.4. The minimum atomic E-state index is -0.322. The van der Waals surface area contributed by atoms with Gasteiger partial charge in [-0.3, -0.25) is 9.59 Å². The van der Waals surface area contributed by atoms with E-state index in [0.29, 0.717) is 13.1 Å². The van der Waals surface area contributed by atoms with Gasteiger partial charge in [-0.25, -0.2) is 4.39 Å². The number of ether oxygens (including phenoxy) is 1. The molecule has 2 amide bonds. The highest BCUT2D eigenvalue weighted by molar-refractivity contribution is 5.82. The van der Waals surface area contributed by atoms with Crippen molar-refractivity contribution in [2.45, 2.75) is 25.4 Å². The van der Waals surface area contributed by atoms with Crippen LogP contribution in [0, 0.1) is 5.82 Å². The van der Waals surface area contributed by atoms with Gasteiger partial charge in [0.25, 0.3) is 0 Å². The van der Waals surface area contributed by atoms with E-state index >= 15 is 0 Å². The van der Waals surface area contributed by atoms with E-state index in [2.05, 4.69) is 5.32 Å². The smallest absolute Gasteiger partial charge is 0.225 e. The molecular formula is C20H21FN2O3. The van der Waals surface area contributed by atoms with Crippen LogP contribution in [0.2, 0.25) is 0 Å². The SMILES string of the molecule is O=C(CCOc1ccccc1)N[C@@H]1CC(=O)N(Cc2cccc(F)c2)C1. The highest BCUT2D eigenvalue weighted by Gasteiger charge is 2.30. The number of carbonyl (C=O) groups is 2. The number of hydrogen-bond acceptors (Lipinski definition) is 3. The molecule has 0 aliphatic carbocycles. The van der Waals surface area contributed by atoms with Crippen LogP contribution in [-0.4, -0.2) is 35.9 Å². The summed E-state index contributed by atoms with van der Waals surface area (Å²) in [6.07, 6.45) is 0.490. The highest BCUT2D eigenvalue weighted by Crippen LogP contribution is 2.16. The third kappa shape index (κ3) is 5.05. The summed E-state index contributed by atoms with van der Waals surface area (Å²) < 4.78 is 18.8. The van der Waals surface area contributed by atoms with Crippen LogP contribution in [0.1, 0.15) is 18.4 Å². The van der Waals surface area contributed by atoms with Crippen molar-refractivity contribution in [1.29, 1.82) is 0 Å². The number of rotatable bonds is 7. The normalized spacial score (nSPS) is 16.6. The first-order valence-electron chi connectivity index (χ1n) is 8.59. The first-order valence-corrected chi connectivity index (χ1v) is 8.59. The molecule has 2 aromatic carbocycles. The molecule has 0 spiro atoms. The molecule has 0 aromatic heterocycles. The predicted octanol–water partition coefficient (Wildman–Crippen LogP) is 2.51. The molecule has 136 valence electrons. The number of nitrogens with one attached hydrogen (secondary N) is 1. The summed E-state index contributed by atoms with van der Waals surface area (Å²) in [6.45, 7) is 1.06. The van der Waals surface area contributed by atoms with Gasteiger partial charge in [-0.05, 0) is 29.8 Å². The Kier molecular flexibility index (Phi) is 5.84. The van der Waals surface area contributed by atoms with Crippen molar-refractivity contribution in [3.05, 3.63) is 66.0 Å². The summed E-state index contributed by atoms with van der Waals surface area (Å²) in [7, 11) is 0. The van der Waals surface area contributed by atoms with Crippen LogP contribution in [0.5, 0.6) is 5.75 Å². The molecule has 0 radical (unpaired) electrons. The molecular weight excluding hydrogens is 335 g/mol. The maximum atomic E-state index is 13.3. The Labute approximate surface area is 151 Å². The first-order chi connectivity index (χ1) is 12.6. The molecule has 1 saturated heterocycles. The lowest BCUT2D eigenvalue weighted by Gasteiger charge is -2.17. The largest absolute Gasteiger partial charge is 0.493 e. The average Bonchev–Trinajstić information content (AvgIpc) is 2.95. The Hall–Kier alpha value is -2.89. The molecule has 2 aromatic rings. The van der Waals surface area contributed by atoms with Crippen LogP contribution in [0.15, 0.2) is 54.6 Å². The molecule has 3 rings (SSSR count). The monoisotopic (exact) mass is 356 g/mol. The van der Waals surface area contributed by atoms with E-state index in [1.54, 1.807) is 17.0 Å². The van der Waals surface area contributed by atoms with E-state index in [9.17, 15) is 14.0 Å². The highest BCUT2D eigenvalue weighted by atomic mass is 19.1. The second kappa shape index (κ2) is 8.47. The number of likely N-dealkylation sites (tertiary alicyclic amines) is 1. The zero-order valence-electron chi connectivity index (χ0n) is 14.4. The van der Waals surface area contributed by atoms with Gasteiger partial charge in [-0.2, -0.15) is 0 Å². The number of para-hydroxylation sites is 1. The lowest BCUT2D eigenvalue weighted by molar-refractivity contribution is -0.128.